The van der Waals surface area contributed by atoms with Crippen LogP contribution in [0.25, 0.3) is 0 Å². The van der Waals surface area contributed by atoms with Crippen molar-refractivity contribution in [2.45, 2.75) is 130 Å². The van der Waals surface area contributed by atoms with Crippen LogP contribution in [0, 0.1) is 0 Å². The van der Waals surface area contributed by atoms with Crippen molar-refractivity contribution in [3.8, 4) is 0 Å². The predicted octanol–water partition coefficient (Wildman–Crippen LogP) is 6.85. The van der Waals surface area contributed by atoms with Crippen LogP contribution in [0.1, 0.15) is 118 Å². The molecule has 0 aromatic carbocycles. The van der Waals surface area contributed by atoms with E-state index < -0.39 is 0 Å². The summed E-state index contributed by atoms with van der Waals surface area (Å²) in [6.45, 7) is 9.31. The summed E-state index contributed by atoms with van der Waals surface area (Å²) in [7, 11) is 0. The second kappa shape index (κ2) is 16.3. The summed E-state index contributed by atoms with van der Waals surface area (Å²) in [5.41, 5.74) is 0. The maximum atomic E-state index is 3.78. The molecule has 2 unspecified atom stereocenters. The normalized spacial score (nSPS) is 14.3. The van der Waals surface area contributed by atoms with Crippen molar-refractivity contribution in [2.75, 3.05) is 0 Å². The van der Waals surface area contributed by atoms with Crippen LogP contribution in [-0.2, 0) is 0 Å². The van der Waals surface area contributed by atoms with Gasteiger partial charge in [-0.3, -0.25) is 0 Å². The minimum absolute atomic E-state index is 0.700. The van der Waals surface area contributed by atoms with Crippen molar-refractivity contribution in [3.05, 3.63) is 0 Å². The van der Waals surface area contributed by atoms with Crippen molar-refractivity contribution in [3.63, 3.8) is 0 Å². The molecule has 0 radical (unpaired) electrons. The molecule has 0 bridgehead atoms. The summed E-state index contributed by atoms with van der Waals surface area (Å²) in [6.07, 6.45) is 19.7. The lowest BCUT2D eigenvalue weighted by Gasteiger charge is -2.20. The average molecular weight is 298 g/mol. The zero-order chi connectivity index (χ0) is 15.8. The number of unbranched alkanes of at least 4 members (excludes halogenated alkanes) is 10. The second-order valence-corrected chi connectivity index (χ2v) is 7.08. The van der Waals surface area contributed by atoms with E-state index in [1.54, 1.807) is 0 Å². The molecule has 0 saturated carbocycles. The third-order valence-electron chi connectivity index (χ3n) is 4.55. The van der Waals surface area contributed by atoms with Gasteiger partial charge in [-0.15, -0.1) is 0 Å². The first-order chi connectivity index (χ1) is 10.2. The Morgan fingerprint density at radius 3 is 1.24 bits per heavy atom. The van der Waals surface area contributed by atoms with Gasteiger partial charge < -0.3 is 5.32 Å². The molecule has 0 saturated heterocycles. The van der Waals surface area contributed by atoms with Crippen LogP contribution in [-0.4, -0.2) is 12.1 Å². The standard InChI is InChI=1S/C20H43N/c1-5-7-9-11-13-15-17-19(3)21-20(4)18-16-14-12-10-8-6-2/h19-21H,5-18H2,1-4H3. The molecule has 1 nitrogen and oxygen atoms in total. The molecule has 2 atom stereocenters. The van der Waals surface area contributed by atoms with E-state index in [2.05, 4.69) is 33.0 Å². The Labute approximate surface area is 135 Å². The predicted molar refractivity (Wildman–Crippen MR) is 98.0 cm³/mol. The lowest BCUT2D eigenvalue weighted by Crippen LogP contribution is -2.34. The van der Waals surface area contributed by atoms with Gasteiger partial charge in [0.2, 0.25) is 0 Å². The molecule has 0 aromatic heterocycles. The monoisotopic (exact) mass is 297 g/mol. The smallest absolute Gasteiger partial charge is 0.00412 e. The molecular formula is C20H43N. The lowest BCUT2D eigenvalue weighted by molar-refractivity contribution is 0.402. The van der Waals surface area contributed by atoms with Gasteiger partial charge in [-0.2, -0.15) is 0 Å². The summed E-state index contributed by atoms with van der Waals surface area (Å²) >= 11 is 0. The third kappa shape index (κ3) is 16.2. The number of rotatable bonds is 16. The SMILES string of the molecule is CCCCCCCCC(C)NC(C)CCCCCCCC. The van der Waals surface area contributed by atoms with Crippen LogP contribution in [0.3, 0.4) is 0 Å². The van der Waals surface area contributed by atoms with Gasteiger partial charge in [-0.1, -0.05) is 90.9 Å². The van der Waals surface area contributed by atoms with Crippen LogP contribution in [0.4, 0.5) is 0 Å². The first-order valence-corrected chi connectivity index (χ1v) is 9.96. The van der Waals surface area contributed by atoms with Gasteiger partial charge in [0.05, 0.1) is 0 Å². The minimum atomic E-state index is 0.700. The Balaban J connectivity index is 3.33. The minimum Gasteiger partial charge on any atom is -0.312 e. The first-order valence-electron chi connectivity index (χ1n) is 9.96. The molecule has 0 aliphatic rings. The Bertz CT molecular complexity index is 170. The molecule has 21 heavy (non-hydrogen) atoms. The van der Waals surface area contributed by atoms with E-state index >= 15 is 0 Å². The fourth-order valence-electron chi connectivity index (χ4n) is 3.11. The average Bonchev–Trinajstić information content (AvgIpc) is 2.46. The second-order valence-electron chi connectivity index (χ2n) is 7.08. The largest absolute Gasteiger partial charge is 0.312 e. The molecule has 1 heteroatoms. The van der Waals surface area contributed by atoms with Gasteiger partial charge in [0.1, 0.15) is 0 Å². The highest BCUT2D eigenvalue weighted by molar-refractivity contribution is 4.67. The maximum absolute atomic E-state index is 3.78. The van der Waals surface area contributed by atoms with Gasteiger partial charge in [-0.05, 0) is 26.7 Å². The Hall–Kier alpha value is -0.0400. The maximum Gasteiger partial charge on any atom is 0.00412 e. The van der Waals surface area contributed by atoms with Crippen LogP contribution >= 0.6 is 0 Å². The van der Waals surface area contributed by atoms with Crippen LogP contribution in [0.2, 0.25) is 0 Å². The summed E-state index contributed by atoms with van der Waals surface area (Å²) < 4.78 is 0. The van der Waals surface area contributed by atoms with Crippen LogP contribution < -0.4 is 5.32 Å². The molecule has 0 aliphatic heterocycles. The third-order valence-corrected chi connectivity index (χ3v) is 4.55. The number of hydrogen-bond donors (Lipinski definition) is 1. The van der Waals surface area contributed by atoms with E-state index in [-0.39, 0.29) is 0 Å². The molecule has 0 rings (SSSR count). The number of nitrogens with one attached hydrogen (secondary N) is 1. The molecule has 1 N–H and O–H groups in total. The Kier molecular flexibility index (Phi) is 16.3. The lowest BCUT2D eigenvalue weighted by atomic mass is 10.0. The van der Waals surface area contributed by atoms with Crippen LogP contribution in [0.15, 0.2) is 0 Å². The molecule has 0 aliphatic carbocycles. The molecule has 0 spiro atoms. The molecule has 0 heterocycles. The van der Waals surface area contributed by atoms with Crippen molar-refractivity contribution in [1.29, 1.82) is 0 Å². The summed E-state index contributed by atoms with van der Waals surface area (Å²) in [5.74, 6) is 0. The highest BCUT2D eigenvalue weighted by atomic mass is 14.9. The Morgan fingerprint density at radius 2 is 0.857 bits per heavy atom. The zero-order valence-corrected chi connectivity index (χ0v) is 15.6. The van der Waals surface area contributed by atoms with Gasteiger partial charge in [0.25, 0.3) is 0 Å². The summed E-state index contributed by atoms with van der Waals surface area (Å²) in [4.78, 5) is 0. The fraction of sp³-hybridized carbons (Fsp3) is 1.00. The highest BCUT2D eigenvalue weighted by Crippen LogP contribution is 2.11. The zero-order valence-electron chi connectivity index (χ0n) is 15.6. The molecule has 0 aromatic rings. The summed E-state index contributed by atoms with van der Waals surface area (Å²) in [5, 5.41) is 3.78. The van der Waals surface area contributed by atoms with Gasteiger partial charge in [-0.25, -0.2) is 0 Å². The van der Waals surface area contributed by atoms with Crippen LogP contribution in [0.5, 0.6) is 0 Å². The van der Waals surface area contributed by atoms with Crippen molar-refractivity contribution >= 4 is 0 Å². The van der Waals surface area contributed by atoms with E-state index in [9.17, 15) is 0 Å². The molecule has 128 valence electrons. The first kappa shape index (κ1) is 21.0. The van der Waals surface area contributed by atoms with E-state index in [4.69, 9.17) is 0 Å². The molecule has 0 fully saturated rings. The molecular weight excluding hydrogens is 254 g/mol. The van der Waals surface area contributed by atoms with Crippen molar-refractivity contribution < 1.29 is 0 Å². The van der Waals surface area contributed by atoms with E-state index in [1.165, 1.54) is 89.9 Å². The van der Waals surface area contributed by atoms with E-state index in [0.29, 0.717) is 12.1 Å². The summed E-state index contributed by atoms with van der Waals surface area (Å²) in [6, 6.07) is 1.40. The number of hydrogen-bond acceptors (Lipinski definition) is 1. The Morgan fingerprint density at radius 1 is 0.524 bits per heavy atom. The van der Waals surface area contributed by atoms with Gasteiger partial charge in [0.15, 0.2) is 0 Å². The molecule has 0 amide bonds. The van der Waals surface area contributed by atoms with E-state index in [1.807, 2.05) is 0 Å². The quantitative estimate of drug-likeness (QED) is 0.307. The fourth-order valence-corrected chi connectivity index (χ4v) is 3.11. The van der Waals surface area contributed by atoms with Gasteiger partial charge >= 0.3 is 0 Å². The van der Waals surface area contributed by atoms with E-state index in [0.717, 1.165) is 0 Å². The van der Waals surface area contributed by atoms with Crippen molar-refractivity contribution in [2.24, 2.45) is 0 Å². The van der Waals surface area contributed by atoms with Crippen molar-refractivity contribution in [1.82, 2.24) is 5.32 Å². The van der Waals surface area contributed by atoms with Gasteiger partial charge in [0, 0.05) is 12.1 Å². The highest BCUT2D eigenvalue weighted by Gasteiger charge is 2.06. The topological polar surface area (TPSA) is 12.0 Å².